The van der Waals surface area contributed by atoms with Crippen LogP contribution in [0, 0.1) is 0 Å². The minimum absolute atomic E-state index is 0.120. The van der Waals surface area contributed by atoms with Crippen molar-refractivity contribution in [3.8, 4) is 5.75 Å². The summed E-state index contributed by atoms with van der Waals surface area (Å²) in [5.74, 6) is 0.405. The standard InChI is InChI=1S/C15H14Cl2N2O3/c1-19-12(7-18-15(19)17)8-22-13(20)6-10-5-11(16)4-9-2-3-21-14(9)10/h4-5,7H,2-3,6,8H2,1H3. The molecule has 2 heterocycles. The first kappa shape index (κ1) is 15.2. The van der Waals surface area contributed by atoms with E-state index >= 15 is 0 Å². The second-order valence-corrected chi connectivity index (χ2v) is 5.84. The largest absolute Gasteiger partial charge is 0.493 e. The predicted molar refractivity (Wildman–Crippen MR) is 82.4 cm³/mol. The monoisotopic (exact) mass is 340 g/mol. The Hall–Kier alpha value is -1.72. The molecule has 22 heavy (non-hydrogen) atoms. The van der Waals surface area contributed by atoms with Crippen LogP contribution in [0.15, 0.2) is 18.3 Å². The number of esters is 1. The first-order valence-corrected chi connectivity index (χ1v) is 7.56. The van der Waals surface area contributed by atoms with Crippen LogP contribution in [0.25, 0.3) is 0 Å². The highest BCUT2D eigenvalue weighted by Gasteiger charge is 2.20. The lowest BCUT2D eigenvalue weighted by Crippen LogP contribution is -2.10. The summed E-state index contributed by atoms with van der Waals surface area (Å²) in [4.78, 5) is 16.0. The fraction of sp³-hybridized carbons (Fsp3) is 0.333. The molecule has 0 atom stereocenters. The van der Waals surface area contributed by atoms with E-state index in [0.29, 0.717) is 16.9 Å². The van der Waals surface area contributed by atoms with Crippen molar-refractivity contribution in [1.29, 1.82) is 0 Å². The van der Waals surface area contributed by atoms with Gasteiger partial charge in [-0.25, -0.2) is 4.98 Å². The van der Waals surface area contributed by atoms with Gasteiger partial charge in [0.05, 0.1) is 24.9 Å². The minimum Gasteiger partial charge on any atom is -0.493 e. The van der Waals surface area contributed by atoms with Crippen molar-refractivity contribution in [1.82, 2.24) is 9.55 Å². The van der Waals surface area contributed by atoms with Gasteiger partial charge in [-0.15, -0.1) is 0 Å². The third kappa shape index (κ3) is 3.05. The van der Waals surface area contributed by atoms with Crippen molar-refractivity contribution in [2.75, 3.05) is 6.61 Å². The molecule has 1 aromatic heterocycles. The van der Waals surface area contributed by atoms with Gasteiger partial charge < -0.3 is 14.0 Å². The van der Waals surface area contributed by atoms with Crippen molar-refractivity contribution >= 4 is 29.2 Å². The highest BCUT2D eigenvalue weighted by atomic mass is 35.5. The van der Waals surface area contributed by atoms with Crippen molar-refractivity contribution in [3.63, 3.8) is 0 Å². The molecule has 0 unspecified atom stereocenters. The van der Waals surface area contributed by atoms with Crippen LogP contribution in [-0.2, 0) is 36.0 Å². The fourth-order valence-electron chi connectivity index (χ4n) is 2.39. The molecule has 0 bridgehead atoms. The Bertz CT molecular complexity index is 728. The van der Waals surface area contributed by atoms with E-state index in [-0.39, 0.29) is 19.0 Å². The summed E-state index contributed by atoms with van der Waals surface area (Å²) in [5.41, 5.74) is 2.52. The molecular weight excluding hydrogens is 327 g/mol. The second kappa shape index (κ2) is 6.18. The topological polar surface area (TPSA) is 53.4 Å². The summed E-state index contributed by atoms with van der Waals surface area (Å²) >= 11 is 11.9. The zero-order valence-electron chi connectivity index (χ0n) is 11.9. The molecule has 0 amide bonds. The van der Waals surface area contributed by atoms with Gasteiger partial charge >= 0.3 is 5.97 Å². The fourth-order valence-corrected chi connectivity index (χ4v) is 2.81. The molecule has 0 fully saturated rings. The zero-order valence-corrected chi connectivity index (χ0v) is 13.4. The van der Waals surface area contributed by atoms with Crippen LogP contribution in [0.5, 0.6) is 5.75 Å². The lowest BCUT2D eigenvalue weighted by Gasteiger charge is -2.09. The number of hydrogen-bond acceptors (Lipinski definition) is 4. The van der Waals surface area contributed by atoms with Gasteiger partial charge in [-0.3, -0.25) is 4.79 Å². The van der Waals surface area contributed by atoms with E-state index in [1.54, 1.807) is 23.9 Å². The molecule has 5 nitrogen and oxygen atoms in total. The molecule has 116 valence electrons. The van der Waals surface area contributed by atoms with E-state index in [2.05, 4.69) is 4.98 Å². The maximum atomic E-state index is 12.0. The van der Waals surface area contributed by atoms with Gasteiger partial charge in [-0.1, -0.05) is 11.6 Å². The van der Waals surface area contributed by atoms with Crippen molar-refractivity contribution in [2.45, 2.75) is 19.4 Å². The Morgan fingerprint density at radius 1 is 1.45 bits per heavy atom. The summed E-state index contributed by atoms with van der Waals surface area (Å²) in [7, 11) is 1.76. The lowest BCUT2D eigenvalue weighted by molar-refractivity contribution is -0.144. The Morgan fingerprint density at radius 3 is 3.00 bits per heavy atom. The number of rotatable bonds is 4. The first-order valence-electron chi connectivity index (χ1n) is 6.80. The smallest absolute Gasteiger partial charge is 0.310 e. The Morgan fingerprint density at radius 2 is 2.27 bits per heavy atom. The molecule has 0 N–H and O–H groups in total. The number of aromatic nitrogens is 2. The maximum Gasteiger partial charge on any atom is 0.310 e. The van der Waals surface area contributed by atoms with Gasteiger partial charge in [-0.2, -0.15) is 0 Å². The number of carbonyl (C=O) groups excluding carboxylic acids is 1. The maximum absolute atomic E-state index is 12.0. The van der Waals surface area contributed by atoms with Gasteiger partial charge in [0.15, 0.2) is 0 Å². The minimum atomic E-state index is -0.350. The predicted octanol–water partition coefficient (Wildman–Crippen LogP) is 2.95. The average Bonchev–Trinajstić information content (AvgIpc) is 3.05. The molecule has 3 rings (SSSR count). The SMILES string of the molecule is Cn1c(COC(=O)Cc2cc(Cl)cc3c2OCC3)cnc1Cl. The molecule has 1 aromatic carbocycles. The van der Waals surface area contributed by atoms with Gasteiger partial charge in [0.2, 0.25) is 5.28 Å². The molecule has 0 aliphatic carbocycles. The van der Waals surface area contributed by atoms with Crippen LogP contribution in [0.3, 0.4) is 0 Å². The molecule has 0 saturated carbocycles. The van der Waals surface area contributed by atoms with Gasteiger partial charge in [0.25, 0.3) is 0 Å². The van der Waals surface area contributed by atoms with Crippen LogP contribution in [-0.4, -0.2) is 22.1 Å². The summed E-state index contributed by atoms with van der Waals surface area (Å²) < 4.78 is 12.5. The van der Waals surface area contributed by atoms with Crippen molar-refractivity contribution in [3.05, 3.63) is 45.5 Å². The Kier molecular flexibility index (Phi) is 4.27. The number of benzene rings is 1. The quantitative estimate of drug-likeness (QED) is 0.803. The summed E-state index contributed by atoms with van der Waals surface area (Å²) in [6.07, 6.45) is 2.51. The van der Waals surface area contributed by atoms with Crippen molar-refractivity contribution < 1.29 is 14.3 Å². The Labute approximate surface area is 137 Å². The molecule has 0 saturated heterocycles. The zero-order chi connectivity index (χ0) is 15.7. The Balaban J connectivity index is 1.66. The molecule has 1 aliphatic heterocycles. The average molecular weight is 341 g/mol. The lowest BCUT2D eigenvalue weighted by atomic mass is 10.1. The summed E-state index contributed by atoms with van der Waals surface area (Å²) in [5, 5.41) is 0.956. The van der Waals surface area contributed by atoms with Gasteiger partial charge in [0.1, 0.15) is 12.4 Å². The number of hydrogen-bond donors (Lipinski definition) is 0. The summed E-state index contributed by atoms with van der Waals surface area (Å²) in [6, 6.07) is 3.62. The van der Waals surface area contributed by atoms with E-state index < -0.39 is 0 Å². The number of nitrogens with zero attached hydrogens (tertiary/aromatic N) is 2. The normalized spacial score (nSPS) is 12.9. The van der Waals surface area contributed by atoms with Crippen molar-refractivity contribution in [2.24, 2.45) is 7.05 Å². The van der Waals surface area contributed by atoms with Crippen LogP contribution >= 0.6 is 23.2 Å². The second-order valence-electron chi connectivity index (χ2n) is 5.07. The molecule has 1 aliphatic rings. The van der Waals surface area contributed by atoms with Crippen LogP contribution in [0.4, 0.5) is 0 Å². The third-order valence-electron chi connectivity index (χ3n) is 3.57. The van der Waals surface area contributed by atoms with Gasteiger partial charge in [0, 0.05) is 24.1 Å². The van der Waals surface area contributed by atoms with Gasteiger partial charge in [-0.05, 0) is 29.3 Å². The van der Waals surface area contributed by atoms with E-state index in [9.17, 15) is 4.79 Å². The van der Waals surface area contributed by atoms with Crippen LogP contribution in [0.2, 0.25) is 10.3 Å². The molecule has 0 radical (unpaired) electrons. The summed E-state index contributed by atoms with van der Waals surface area (Å²) in [6.45, 7) is 0.740. The van der Waals surface area contributed by atoms with E-state index in [4.69, 9.17) is 32.7 Å². The first-order chi connectivity index (χ1) is 10.5. The highest BCUT2D eigenvalue weighted by Crippen LogP contribution is 2.33. The van der Waals surface area contributed by atoms with Crippen LogP contribution < -0.4 is 4.74 Å². The number of fused-ring (bicyclic) bond motifs is 1. The van der Waals surface area contributed by atoms with E-state index in [0.717, 1.165) is 29.0 Å². The molecule has 7 heteroatoms. The van der Waals surface area contributed by atoms with Crippen LogP contribution in [0.1, 0.15) is 16.8 Å². The van der Waals surface area contributed by atoms with E-state index in [1.807, 2.05) is 6.07 Å². The number of halogens is 2. The number of ether oxygens (including phenoxy) is 2. The molecular formula is C15H14Cl2N2O3. The third-order valence-corrected chi connectivity index (χ3v) is 4.14. The molecule has 2 aromatic rings. The number of carbonyl (C=O) groups is 1. The highest BCUT2D eigenvalue weighted by molar-refractivity contribution is 6.30. The number of imidazole rings is 1. The molecule has 0 spiro atoms. The van der Waals surface area contributed by atoms with E-state index in [1.165, 1.54) is 0 Å².